The lowest BCUT2D eigenvalue weighted by Crippen LogP contribution is -2.37. The highest BCUT2D eigenvalue weighted by Crippen LogP contribution is 2.19. The molecule has 25 heavy (non-hydrogen) atoms. The number of hydrogen-bond acceptors (Lipinski definition) is 6. The van der Waals surface area contributed by atoms with E-state index in [4.69, 9.17) is 4.74 Å². The molecule has 1 rings (SSSR count). The molecule has 8 heteroatoms. The zero-order valence-electron chi connectivity index (χ0n) is 14.6. The maximum absolute atomic E-state index is 12.6. The van der Waals surface area contributed by atoms with Gasteiger partial charge in [-0.15, -0.1) is 13.2 Å². The molecule has 1 heterocycles. The lowest BCUT2D eigenvalue weighted by molar-refractivity contribution is -0.125. The standard InChI is InChI=1S/C17H25N3O4S/c1-4-7-19(8-5-2)17(21)15(12-18)13-20(9-10-24-3)16-6-11-25(22,23)14-16/h4-5,13,16H,1-2,6-11,14H2,3H3/b15-13-. The van der Waals surface area contributed by atoms with Gasteiger partial charge in [0.2, 0.25) is 0 Å². The van der Waals surface area contributed by atoms with E-state index in [1.807, 2.05) is 6.07 Å². The second-order valence-electron chi connectivity index (χ2n) is 5.73. The number of amides is 1. The van der Waals surface area contributed by atoms with Crippen molar-refractivity contribution in [3.8, 4) is 6.07 Å². The first-order valence-electron chi connectivity index (χ1n) is 7.96. The first-order valence-corrected chi connectivity index (χ1v) is 9.78. The van der Waals surface area contributed by atoms with Gasteiger partial charge >= 0.3 is 0 Å². The van der Waals surface area contributed by atoms with E-state index in [1.54, 1.807) is 24.2 Å². The molecule has 0 aromatic carbocycles. The smallest absolute Gasteiger partial charge is 0.266 e. The van der Waals surface area contributed by atoms with E-state index in [9.17, 15) is 18.5 Å². The average molecular weight is 367 g/mol. The van der Waals surface area contributed by atoms with Crippen molar-refractivity contribution in [3.05, 3.63) is 37.1 Å². The van der Waals surface area contributed by atoms with E-state index in [0.717, 1.165) is 0 Å². The van der Waals surface area contributed by atoms with Gasteiger partial charge in [0.25, 0.3) is 5.91 Å². The van der Waals surface area contributed by atoms with Crippen molar-refractivity contribution in [3.63, 3.8) is 0 Å². The fourth-order valence-electron chi connectivity index (χ4n) is 2.61. The fraction of sp³-hybridized carbons (Fsp3) is 0.529. The molecule has 1 fully saturated rings. The Morgan fingerprint density at radius 3 is 2.44 bits per heavy atom. The number of carbonyl (C=O) groups is 1. The van der Waals surface area contributed by atoms with E-state index in [1.165, 1.54) is 11.1 Å². The number of nitriles is 1. The predicted octanol–water partition coefficient (Wildman–Crippen LogP) is 0.730. The highest BCUT2D eigenvalue weighted by atomic mass is 32.2. The summed E-state index contributed by atoms with van der Waals surface area (Å²) in [5.41, 5.74) is -0.0518. The molecular formula is C17H25N3O4S. The number of methoxy groups -OCH3 is 1. The second-order valence-corrected chi connectivity index (χ2v) is 7.96. The molecule has 0 aromatic rings. The fourth-order valence-corrected chi connectivity index (χ4v) is 4.35. The SMILES string of the molecule is C=CCN(CC=C)C(=O)/C(C#N)=C\N(CCOC)C1CCS(=O)(=O)C1. The number of sulfone groups is 1. The maximum Gasteiger partial charge on any atom is 0.266 e. The summed E-state index contributed by atoms with van der Waals surface area (Å²) in [7, 11) is -1.54. The monoisotopic (exact) mass is 367 g/mol. The van der Waals surface area contributed by atoms with E-state index >= 15 is 0 Å². The number of carbonyl (C=O) groups excluding carboxylic acids is 1. The molecule has 1 amide bonds. The van der Waals surface area contributed by atoms with Crippen molar-refractivity contribution in [2.75, 3.05) is 44.9 Å². The van der Waals surface area contributed by atoms with E-state index in [-0.39, 0.29) is 23.1 Å². The van der Waals surface area contributed by atoms with Crippen LogP contribution in [0.25, 0.3) is 0 Å². The zero-order chi connectivity index (χ0) is 18.9. The molecule has 0 bridgehead atoms. The molecule has 1 saturated heterocycles. The van der Waals surface area contributed by atoms with Gasteiger partial charge < -0.3 is 14.5 Å². The summed E-state index contributed by atoms with van der Waals surface area (Å²) in [6.45, 7) is 8.56. The van der Waals surface area contributed by atoms with Gasteiger partial charge in [-0.25, -0.2) is 8.42 Å². The van der Waals surface area contributed by atoms with Crippen LogP contribution in [0.5, 0.6) is 0 Å². The predicted molar refractivity (Wildman–Crippen MR) is 96.3 cm³/mol. The van der Waals surface area contributed by atoms with Crippen molar-refractivity contribution in [2.24, 2.45) is 0 Å². The molecule has 0 aliphatic carbocycles. The van der Waals surface area contributed by atoms with Crippen LogP contribution in [-0.2, 0) is 19.4 Å². The summed E-state index contributed by atoms with van der Waals surface area (Å²) in [5, 5.41) is 9.41. The summed E-state index contributed by atoms with van der Waals surface area (Å²) in [6, 6.07) is 1.66. The van der Waals surface area contributed by atoms with Crippen LogP contribution in [0, 0.1) is 11.3 Å². The Morgan fingerprint density at radius 1 is 1.36 bits per heavy atom. The van der Waals surface area contributed by atoms with Crippen molar-refractivity contribution < 1.29 is 17.9 Å². The Balaban J connectivity index is 3.05. The first-order chi connectivity index (χ1) is 11.9. The van der Waals surface area contributed by atoms with Crippen molar-refractivity contribution in [2.45, 2.75) is 12.5 Å². The van der Waals surface area contributed by atoms with Crippen LogP contribution >= 0.6 is 0 Å². The summed E-state index contributed by atoms with van der Waals surface area (Å²) in [4.78, 5) is 15.7. The van der Waals surface area contributed by atoms with E-state index in [2.05, 4.69) is 13.2 Å². The Kier molecular flexibility index (Phi) is 8.38. The molecule has 1 unspecified atom stereocenters. The molecule has 0 N–H and O–H groups in total. The van der Waals surface area contributed by atoms with E-state index < -0.39 is 15.7 Å². The molecule has 0 spiro atoms. The molecular weight excluding hydrogens is 342 g/mol. The van der Waals surface area contributed by atoms with Crippen molar-refractivity contribution >= 4 is 15.7 Å². The van der Waals surface area contributed by atoms with Gasteiger partial charge in [-0.2, -0.15) is 5.26 Å². The minimum atomic E-state index is -3.08. The summed E-state index contributed by atoms with van der Waals surface area (Å²) < 4.78 is 28.6. The molecule has 1 aliphatic heterocycles. The van der Waals surface area contributed by atoms with Crippen molar-refractivity contribution in [1.29, 1.82) is 5.26 Å². The number of rotatable bonds is 10. The largest absolute Gasteiger partial charge is 0.383 e. The van der Waals surface area contributed by atoms with Crippen LogP contribution in [-0.4, -0.2) is 75.0 Å². The number of ether oxygens (including phenoxy) is 1. The third-order valence-corrected chi connectivity index (χ3v) is 5.61. The van der Waals surface area contributed by atoms with Gasteiger partial charge in [0.05, 0.1) is 18.1 Å². The Labute approximate surface area is 149 Å². The minimum Gasteiger partial charge on any atom is -0.383 e. The molecule has 7 nitrogen and oxygen atoms in total. The van der Waals surface area contributed by atoms with Crippen LogP contribution in [0.3, 0.4) is 0 Å². The Bertz CT molecular complexity index is 654. The lowest BCUT2D eigenvalue weighted by Gasteiger charge is -2.27. The van der Waals surface area contributed by atoms with Crippen LogP contribution in [0.4, 0.5) is 0 Å². The van der Waals surface area contributed by atoms with Gasteiger partial charge in [-0.1, -0.05) is 12.2 Å². The molecule has 1 aliphatic rings. The average Bonchev–Trinajstić information content (AvgIpc) is 2.94. The molecule has 0 radical (unpaired) electrons. The van der Waals surface area contributed by atoms with Crippen LogP contribution in [0.15, 0.2) is 37.1 Å². The highest BCUT2D eigenvalue weighted by Gasteiger charge is 2.31. The second kappa shape index (κ2) is 10.0. The first kappa shape index (κ1) is 20.9. The zero-order valence-corrected chi connectivity index (χ0v) is 15.4. The molecule has 0 aromatic heterocycles. The third kappa shape index (κ3) is 6.36. The van der Waals surface area contributed by atoms with Gasteiger partial charge in [0.1, 0.15) is 11.6 Å². The van der Waals surface area contributed by atoms with Crippen LogP contribution in [0.1, 0.15) is 6.42 Å². The van der Waals surface area contributed by atoms with Gasteiger partial charge in [-0.05, 0) is 6.42 Å². The van der Waals surface area contributed by atoms with Crippen LogP contribution in [0.2, 0.25) is 0 Å². The summed E-state index contributed by atoms with van der Waals surface area (Å²) >= 11 is 0. The maximum atomic E-state index is 12.6. The summed E-state index contributed by atoms with van der Waals surface area (Å²) in [6.07, 6.45) is 5.07. The minimum absolute atomic E-state index is 0.0170. The van der Waals surface area contributed by atoms with Gasteiger partial charge in [-0.3, -0.25) is 4.79 Å². The Hall–Kier alpha value is -2.11. The van der Waals surface area contributed by atoms with Crippen LogP contribution < -0.4 is 0 Å². The third-order valence-electron chi connectivity index (χ3n) is 3.86. The highest BCUT2D eigenvalue weighted by molar-refractivity contribution is 7.91. The van der Waals surface area contributed by atoms with Gasteiger partial charge in [0, 0.05) is 39.0 Å². The quantitative estimate of drug-likeness (QED) is 0.321. The summed E-state index contributed by atoms with van der Waals surface area (Å²) in [5.74, 6) is -0.307. The topological polar surface area (TPSA) is 90.7 Å². The van der Waals surface area contributed by atoms with Crippen molar-refractivity contribution in [1.82, 2.24) is 9.80 Å². The molecule has 0 saturated carbocycles. The molecule has 1 atom stereocenters. The molecule has 138 valence electrons. The number of hydrogen-bond donors (Lipinski definition) is 0. The number of nitrogens with zero attached hydrogens (tertiary/aromatic N) is 3. The lowest BCUT2D eigenvalue weighted by atomic mass is 10.2. The normalized spacial score (nSPS) is 19.0. The van der Waals surface area contributed by atoms with E-state index in [0.29, 0.717) is 32.7 Å². The Morgan fingerprint density at radius 2 is 2.00 bits per heavy atom. The van der Waals surface area contributed by atoms with Gasteiger partial charge in [0.15, 0.2) is 9.84 Å².